The third-order valence-electron chi connectivity index (χ3n) is 6.31. The van der Waals surface area contributed by atoms with Crippen LogP contribution in [0.4, 0.5) is 0 Å². The Bertz CT molecular complexity index is 536. The van der Waals surface area contributed by atoms with Crippen molar-refractivity contribution < 1.29 is 19.1 Å². The van der Waals surface area contributed by atoms with Crippen LogP contribution in [0.1, 0.15) is 138 Å². The van der Waals surface area contributed by atoms with Crippen molar-refractivity contribution in [2.24, 2.45) is 5.92 Å². The van der Waals surface area contributed by atoms with Crippen molar-refractivity contribution in [2.75, 3.05) is 6.61 Å². The van der Waals surface area contributed by atoms with Crippen molar-refractivity contribution >= 4 is 11.9 Å². The highest BCUT2D eigenvalue weighted by Crippen LogP contribution is 2.26. The van der Waals surface area contributed by atoms with Crippen molar-refractivity contribution in [3.8, 4) is 0 Å². The minimum Gasteiger partial charge on any atom is -0.462 e. The Morgan fingerprint density at radius 1 is 0.824 bits per heavy atom. The number of esters is 2. The summed E-state index contributed by atoms with van der Waals surface area (Å²) in [5.74, 6) is -0.145. The minimum atomic E-state index is -0.393. The minimum absolute atomic E-state index is 0.202. The Hall–Kier alpha value is -1.58. The number of rotatable bonds is 20. The van der Waals surface area contributed by atoms with Gasteiger partial charge in [0.15, 0.2) is 0 Å². The predicted octanol–water partition coefficient (Wildman–Crippen LogP) is 9.13. The average Bonchev–Trinajstić information content (AvgIpc) is 2.81. The van der Waals surface area contributed by atoms with Crippen LogP contribution in [0.3, 0.4) is 0 Å². The molecule has 0 spiro atoms. The number of carbonyl (C=O) groups excluding carboxylic acids is 2. The lowest BCUT2D eigenvalue weighted by Gasteiger charge is -2.31. The molecule has 34 heavy (non-hydrogen) atoms. The van der Waals surface area contributed by atoms with Crippen molar-refractivity contribution in [1.82, 2.24) is 0 Å². The lowest BCUT2D eigenvalue weighted by molar-refractivity contribution is -0.155. The molecule has 0 rings (SSSR count). The summed E-state index contributed by atoms with van der Waals surface area (Å²) in [6.45, 7) is 20.4. The predicted molar refractivity (Wildman–Crippen MR) is 146 cm³/mol. The molecule has 4 nitrogen and oxygen atoms in total. The average molecular weight is 481 g/mol. The van der Waals surface area contributed by atoms with Gasteiger partial charge in [0.2, 0.25) is 0 Å². The molecule has 0 aromatic carbocycles. The summed E-state index contributed by atoms with van der Waals surface area (Å²) < 4.78 is 10.5. The summed E-state index contributed by atoms with van der Waals surface area (Å²) in [6.07, 6.45) is 19.0. The Labute approximate surface area is 211 Å². The molecule has 0 saturated heterocycles. The molecule has 0 aromatic heterocycles. The second-order valence-corrected chi connectivity index (χ2v) is 9.94. The van der Waals surface area contributed by atoms with Gasteiger partial charge in [0.25, 0.3) is 0 Å². The van der Waals surface area contributed by atoms with E-state index in [0.29, 0.717) is 18.1 Å². The van der Waals surface area contributed by atoms with E-state index in [4.69, 9.17) is 9.47 Å². The SMILES string of the molecule is C=C(CCCCCCCC)C(=O)OCCCC.C=CC(=O)OC(C)(C)C(C)CCCCCCC. The zero-order chi connectivity index (χ0) is 26.2. The highest BCUT2D eigenvalue weighted by atomic mass is 16.6. The normalized spacial score (nSPS) is 11.7. The number of unbranched alkanes of at least 4 members (excludes halogenated alkanes) is 10. The second-order valence-electron chi connectivity index (χ2n) is 9.94. The van der Waals surface area contributed by atoms with Crippen LogP contribution in [-0.2, 0) is 19.1 Å². The summed E-state index contributed by atoms with van der Waals surface area (Å²) in [5, 5.41) is 0. The molecule has 200 valence electrons. The van der Waals surface area contributed by atoms with Gasteiger partial charge in [-0.05, 0) is 45.4 Å². The van der Waals surface area contributed by atoms with Crippen LogP contribution in [-0.4, -0.2) is 24.1 Å². The lowest BCUT2D eigenvalue weighted by atomic mass is 9.87. The summed E-state index contributed by atoms with van der Waals surface area (Å²) in [6, 6.07) is 0. The van der Waals surface area contributed by atoms with E-state index in [-0.39, 0.29) is 11.9 Å². The molecule has 0 amide bonds. The fourth-order valence-electron chi connectivity index (χ4n) is 3.44. The van der Waals surface area contributed by atoms with Crippen molar-refractivity contribution in [3.63, 3.8) is 0 Å². The van der Waals surface area contributed by atoms with Gasteiger partial charge in [-0.15, -0.1) is 0 Å². The van der Waals surface area contributed by atoms with Gasteiger partial charge in [0.05, 0.1) is 6.61 Å². The third kappa shape index (κ3) is 21.0. The van der Waals surface area contributed by atoms with Crippen LogP contribution < -0.4 is 0 Å². The fraction of sp³-hybridized carbons (Fsp3) is 0.800. The van der Waals surface area contributed by atoms with E-state index in [1.165, 1.54) is 70.3 Å². The molecule has 0 saturated carbocycles. The standard InChI is InChI=1S/2C15H28O2/c1-6-8-9-10-11-12-13(3)15(4,5)17-14(16)7-2;1-4-6-8-9-10-11-12-14(3)15(16)17-13-7-5-2/h7,13H,2,6,8-12H2,1,3-5H3;3-13H2,1-2H3. The van der Waals surface area contributed by atoms with E-state index >= 15 is 0 Å². The maximum absolute atomic E-state index is 11.5. The molecule has 0 aromatic rings. The van der Waals surface area contributed by atoms with Gasteiger partial charge in [-0.25, -0.2) is 9.59 Å². The number of hydrogen-bond acceptors (Lipinski definition) is 4. The zero-order valence-electron chi connectivity index (χ0n) is 23.5. The molecule has 0 bridgehead atoms. The first kappa shape index (κ1) is 34.6. The molecule has 0 heterocycles. The molecule has 0 N–H and O–H groups in total. The maximum Gasteiger partial charge on any atom is 0.333 e. The summed E-state index contributed by atoms with van der Waals surface area (Å²) >= 11 is 0. The van der Waals surface area contributed by atoms with E-state index in [1.807, 2.05) is 13.8 Å². The van der Waals surface area contributed by atoms with Gasteiger partial charge in [0.1, 0.15) is 5.60 Å². The molecule has 1 unspecified atom stereocenters. The van der Waals surface area contributed by atoms with Gasteiger partial charge in [-0.3, -0.25) is 0 Å². The Balaban J connectivity index is 0. The molecule has 4 heteroatoms. The van der Waals surface area contributed by atoms with Gasteiger partial charge < -0.3 is 9.47 Å². The summed E-state index contributed by atoms with van der Waals surface area (Å²) in [4.78, 5) is 22.7. The number of ether oxygens (including phenoxy) is 2. The van der Waals surface area contributed by atoms with Gasteiger partial charge in [0, 0.05) is 11.6 Å². The summed E-state index contributed by atoms with van der Waals surface area (Å²) in [7, 11) is 0. The van der Waals surface area contributed by atoms with Crippen molar-refractivity contribution in [3.05, 3.63) is 24.8 Å². The van der Waals surface area contributed by atoms with Crippen molar-refractivity contribution in [1.29, 1.82) is 0 Å². The van der Waals surface area contributed by atoms with Crippen LogP contribution in [0.5, 0.6) is 0 Å². The quantitative estimate of drug-likeness (QED) is 0.0990. The zero-order valence-corrected chi connectivity index (χ0v) is 23.5. The second kappa shape index (κ2) is 23.2. The molecule has 1 atom stereocenters. The van der Waals surface area contributed by atoms with Crippen LogP contribution in [0.2, 0.25) is 0 Å². The van der Waals surface area contributed by atoms with Gasteiger partial charge >= 0.3 is 11.9 Å². The Morgan fingerprint density at radius 2 is 1.32 bits per heavy atom. The molecular weight excluding hydrogens is 424 g/mol. The third-order valence-corrected chi connectivity index (χ3v) is 6.31. The highest BCUT2D eigenvalue weighted by Gasteiger charge is 2.28. The maximum atomic E-state index is 11.5. The van der Waals surface area contributed by atoms with E-state index < -0.39 is 5.60 Å². The van der Waals surface area contributed by atoms with Gasteiger partial charge in [-0.2, -0.15) is 0 Å². The van der Waals surface area contributed by atoms with Crippen LogP contribution in [0.15, 0.2) is 24.8 Å². The van der Waals surface area contributed by atoms with Crippen molar-refractivity contribution in [2.45, 2.75) is 143 Å². The molecule has 0 aliphatic carbocycles. The molecule has 0 fully saturated rings. The van der Waals surface area contributed by atoms with E-state index in [9.17, 15) is 9.59 Å². The van der Waals surface area contributed by atoms with Crippen LogP contribution >= 0.6 is 0 Å². The van der Waals surface area contributed by atoms with Crippen LogP contribution in [0.25, 0.3) is 0 Å². The highest BCUT2D eigenvalue weighted by molar-refractivity contribution is 5.87. The van der Waals surface area contributed by atoms with E-state index in [0.717, 1.165) is 32.1 Å². The molecule has 0 aliphatic heterocycles. The Morgan fingerprint density at radius 3 is 1.85 bits per heavy atom. The lowest BCUT2D eigenvalue weighted by Crippen LogP contribution is -2.34. The first-order chi connectivity index (χ1) is 16.2. The first-order valence-corrected chi connectivity index (χ1v) is 13.9. The smallest absolute Gasteiger partial charge is 0.333 e. The number of hydrogen-bond donors (Lipinski definition) is 0. The first-order valence-electron chi connectivity index (χ1n) is 13.9. The van der Waals surface area contributed by atoms with Gasteiger partial charge in [-0.1, -0.05) is 111 Å². The topological polar surface area (TPSA) is 52.6 Å². The molecular formula is C30H56O4. The molecule has 0 radical (unpaired) electrons. The fourth-order valence-corrected chi connectivity index (χ4v) is 3.44. The number of carbonyl (C=O) groups is 2. The van der Waals surface area contributed by atoms with Crippen LogP contribution in [0, 0.1) is 5.92 Å². The van der Waals surface area contributed by atoms with E-state index in [1.54, 1.807) is 0 Å². The largest absolute Gasteiger partial charge is 0.462 e. The molecule has 0 aliphatic rings. The monoisotopic (exact) mass is 480 g/mol. The summed E-state index contributed by atoms with van der Waals surface area (Å²) in [5.41, 5.74) is 0.243. The van der Waals surface area contributed by atoms with E-state index in [2.05, 4.69) is 40.9 Å². The Kier molecular flexibility index (Phi) is 23.6.